The maximum atomic E-state index is 13.1. The lowest BCUT2D eigenvalue weighted by Crippen LogP contribution is -2.10. The molecular formula is C24H17N3O3. The highest BCUT2D eigenvalue weighted by molar-refractivity contribution is 6.09. The number of benzene rings is 2. The second-order valence-electron chi connectivity index (χ2n) is 7.17. The molecule has 4 aromatic rings. The Kier molecular flexibility index (Phi) is 4.25. The predicted octanol–water partition coefficient (Wildman–Crippen LogP) is 4.42. The Hall–Kier alpha value is -4.06. The first-order chi connectivity index (χ1) is 14.6. The average Bonchev–Trinajstić information content (AvgIpc) is 3.09. The molecular weight excluding hydrogens is 378 g/mol. The summed E-state index contributed by atoms with van der Waals surface area (Å²) in [5.41, 5.74) is 1.83. The van der Waals surface area contributed by atoms with Crippen LogP contribution in [0.25, 0.3) is 34.6 Å². The number of hydrogen-bond acceptors (Lipinski definition) is 5. The van der Waals surface area contributed by atoms with Crippen molar-refractivity contribution in [2.45, 2.75) is 6.92 Å². The lowest BCUT2D eigenvalue weighted by atomic mass is 10.1. The second-order valence-corrected chi connectivity index (χ2v) is 7.17. The van der Waals surface area contributed by atoms with Gasteiger partial charge < -0.3 is 4.42 Å². The lowest BCUT2D eigenvalue weighted by molar-refractivity contribution is 0.102. The van der Waals surface area contributed by atoms with Crippen molar-refractivity contribution in [2.75, 3.05) is 0 Å². The highest BCUT2D eigenvalue weighted by Crippen LogP contribution is 2.21. The topological polar surface area (TPSA) is 78.0 Å². The van der Waals surface area contributed by atoms with Crippen molar-refractivity contribution in [3.8, 4) is 11.5 Å². The van der Waals surface area contributed by atoms with Crippen molar-refractivity contribution in [3.05, 3.63) is 94.4 Å². The highest BCUT2D eigenvalue weighted by Gasteiger charge is 2.19. The van der Waals surface area contributed by atoms with Gasteiger partial charge in [0.25, 0.3) is 0 Å². The summed E-state index contributed by atoms with van der Waals surface area (Å²) in [4.78, 5) is 34.4. The fourth-order valence-corrected chi connectivity index (χ4v) is 3.40. The molecule has 1 aliphatic rings. The Bertz CT molecular complexity index is 1390. The molecule has 1 aliphatic heterocycles. The van der Waals surface area contributed by atoms with Crippen molar-refractivity contribution in [1.29, 1.82) is 0 Å². The third-order valence-corrected chi connectivity index (χ3v) is 5.05. The number of rotatable bonds is 3. The summed E-state index contributed by atoms with van der Waals surface area (Å²) in [5, 5.41) is 0.257. The zero-order chi connectivity index (χ0) is 20.7. The number of allylic oxidation sites excluding steroid dienone is 2. The molecule has 0 fully saturated rings. The van der Waals surface area contributed by atoms with Gasteiger partial charge in [-0.2, -0.15) is 0 Å². The third kappa shape index (κ3) is 3.08. The minimum atomic E-state index is -0.535. The van der Waals surface area contributed by atoms with E-state index in [0.717, 1.165) is 5.69 Å². The molecule has 0 saturated carbocycles. The van der Waals surface area contributed by atoms with Gasteiger partial charge in [-0.15, -0.1) is 0 Å². The van der Waals surface area contributed by atoms with Crippen molar-refractivity contribution in [3.63, 3.8) is 0 Å². The molecule has 1 atom stereocenters. The summed E-state index contributed by atoms with van der Waals surface area (Å²) < 4.78 is 7.16. The molecule has 6 nitrogen and oxygen atoms in total. The van der Waals surface area contributed by atoms with E-state index in [4.69, 9.17) is 4.42 Å². The molecule has 30 heavy (non-hydrogen) atoms. The predicted molar refractivity (Wildman–Crippen MR) is 115 cm³/mol. The van der Waals surface area contributed by atoms with Crippen LogP contribution in [0, 0.1) is 5.92 Å². The van der Waals surface area contributed by atoms with Gasteiger partial charge >= 0.3 is 5.63 Å². The van der Waals surface area contributed by atoms with Gasteiger partial charge in [-0.25, -0.2) is 14.8 Å². The maximum absolute atomic E-state index is 13.1. The van der Waals surface area contributed by atoms with Crippen LogP contribution < -0.4 is 5.63 Å². The molecule has 0 amide bonds. The summed E-state index contributed by atoms with van der Waals surface area (Å²) >= 11 is 0. The van der Waals surface area contributed by atoms with E-state index in [1.54, 1.807) is 22.9 Å². The summed E-state index contributed by atoms with van der Waals surface area (Å²) in [5.74, 6) is 0.528. The number of ketones is 1. The third-order valence-electron chi connectivity index (χ3n) is 5.05. The zero-order valence-electron chi connectivity index (χ0n) is 16.1. The zero-order valence-corrected chi connectivity index (χ0v) is 16.1. The normalized spacial score (nSPS) is 15.2. The van der Waals surface area contributed by atoms with Crippen molar-refractivity contribution >= 4 is 29.0 Å². The Labute approximate surface area is 171 Å². The number of hydrogen-bond donors (Lipinski definition) is 0. The Morgan fingerprint density at radius 3 is 2.77 bits per heavy atom. The summed E-state index contributed by atoms with van der Waals surface area (Å²) in [6.07, 6.45) is 9.50. The van der Waals surface area contributed by atoms with Crippen molar-refractivity contribution < 1.29 is 9.21 Å². The van der Waals surface area contributed by atoms with Gasteiger partial charge in [0.1, 0.15) is 0 Å². The van der Waals surface area contributed by atoms with E-state index in [1.165, 1.54) is 6.07 Å². The first-order valence-electron chi connectivity index (χ1n) is 9.59. The van der Waals surface area contributed by atoms with E-state index in [9.17, 15) is 9.59 Å². The van der Waals surface area contributed by atoms with E-state index in [2.05, 4.69) is 16.9 Å². The fraction of sp³-hybridized carbons (Fsp3) is 0.0833. The van der Waals surface area contributed by atoms with Crippen molar-refractivity contribution in [1.82, 2.24) is 14.5 Å². The monoisotopic (exact) mass is 395 g/mol. The van der Waals surface area contributed by atoms with Gasteiger partial charge in [0.15, 0.2) is 5.82 Å². The SMILES string of the molecule is CC1C=Cc2cnc(C(=O)c3ccc4nc(-c5ccccc5)oc(=O)c4c3)n2C=C1. The average molecular weight is 395 g/mol. The number of carbonyl (C=O) groups is 1. The molecule has 0 radical (unpaired) electrons. The van der Waals surface area contributed by atoms with Crippen LogP contribution in [0.15, 0.2) is 76.1 Å². The molecule has 5 rings (SSSR count). The molecule has 0 N–H and O–H groups in total. The van der Waals surface area contributed by atoms with Crippen LogP contribution in [0.1, 0.15) is 28.8 Å². The Morgan fingerprint density at radius 2 is 1.93 bits per heavy atom. The number of carbonyl (C=O) groups excluding carboxylic acids is 1. The van der Waals surface area contributed by atoms with Crippen LogP contribution in [0.3, 0.4) is 0 Å². The number of nitrogens with zero attached hydrogens (tertiary/aromatic N) is 3. The minimum absolute atomic E-state index is 0.247. The minimum Gasteiger partial charge on any atom is -0.403 e. The van der Waals surface area contributed by atoms with Crippen molar-refractivity contribution in [2.24, 2.45) is 5.92 Å². The van der Waals surface area contributed by atoms with E-state index in [-0.39, 0.29) is 28.8 Å². The lowest BCUT2D eigenvalue weighted by Gasteiger charge is -2.06. The summed E-state index contributed by atoms with van der Waals surface area (Å²) in [7, 11) is 0. The standard InChI is InChI=1S/C24H17N3O3/c1-15-7-9-18-14-25-22(27(18)12-11-15)21(28)17-8-10-20-19(13-17)24(29)30-23(26-20)16-5-3-2-4-6-16/h2-15H,1H3. The van der Waals surface area contributed by atoms with E-state index < -0.39 is 5.63 Å². The number of fused-ring (bicyclic) bond motifs is 2. The van der Waals surface area contributed by atoms with Crippen LogP contribution in [-0.2, 0) is 0 Å². The van der Waals surface area contributed by atoms with Gasteiger partial charge in [-0.05, 0) is 42.3 Å². The molecule has 0 spiro atoms. The van der Waals surface area contributed by atoms with E-state index in [0.29, 0.717) is 16.6 Å². The Balaban J connectivity index is 1.57. The van der Waals surface area contributed by atoms with E-state index >= 15 is 0 Å². The fourth-order valence-electron chi connectivity index (χ4n) is 3.40. The smallest absolute Gasteiger partial charge is 0.347 e. The summed E-state index contributed by atoms with van der Waals surface area (Å²) in [6.45, 7) is 2.06. The van der Waals surface area contributed by atoms with Gasteiger partial charge in [-0.1, -0.05) is 37.3 Å². The van der Waals surface area contributed by atoms with Crippen LogP contribution in [0.2, 0.25) is 0 Å². The van der Waals surface area contributed by atoms with Crippen LogP contribution >= 0.6 is 0 Å². The maximum Gasteiger partial charge on any atom is 0.347 e. The van der Waals surface area contributed by atoms with Gasteiger partial charge in [0, 0.05) is 17.3 Å². The second kappa shape index (κ2) is 7.08. The van der Waals surface area contributed by atoms with Crippen LogP contribution in [0.4, 0.5) is 0 Å². The highest BCUT2D eigenvalue weighted by atomic mass is 16.4. The van der Waals surface area contributed by atoms with E-state index in [1.807, 2.05) is 54.8 Å². The van der Waals surface area contributed by atoms with Gasteiger partial charge in [0.05, 0.1) is 22.8 Å². The molecule has 2 aromatic heterocycles. The number of imidazole rings is 1. The van der Waals surface area contributed by atoms with Crippen LogP contribution in [0.5, 0.6) is 0 Å². The molecule has 0 saturated heterocycles. The van der Waals surface area contributed by atoms with Gasteiger partial charge in [0.2, 0.25) is 11.7 Å². The number of aromatic nitrogens is 3. The molecule has 3 heterocycles. The molecule has 0 bridgehead atoms. The Morgan fingerprint density at radius 1 is 1.10 bits per heavy atom. The summed E-state index contributed by atoms with van der Waals surface area (Å²) in [6, 6.07) is 14.1. The van der Waals surface area contributed by atoms with Gasteiger partial charge in [-0.3, -0.25) is 9.36 Å². The molecule has 146 valence electrons. The first kappa shape index (κ1) is 18.0. The molecule has 2 aromatic carbocycles. The largest absolute Gasteiger partial charge is 0.403 e. The van der Waals surface area contributed by atoms with Crippen LogP contribution in [-0.4, -0.2) is 20.3 Å². The molecule has 1 unspecified atom stereocenters. The first-order valence-corrected chi connectivity index (χ1v) is 9.59. The molecule has 6 heteroatoms. The molecule has 0 aliphatic carbocycles. The quantitative estimate of drug-likeness (QED) is 0.480.